The quantitative estimate of drug-likeness (QED) is 0.519. The van der Waals surface area contributed by atoms with Crippen LogP contribution in [0.25, 0.3) is 0 Å². The van der Waals surface area contributed by atoms with E-state index < -0.39 is 11.7 Å². The number of halogens is 4. The topological polar surface area (TPSA) is 18.6 Å². The van der Waals surface area contributed by atoms with E-state index in [0.29, 0.717) is 31.8 Å². The minimum absolute atomic E-state index is 0.272. The van der Waals surface area contributed by atoms with Crippen LogP contribution in [-0.4, -0.2) is 24.8 Å². The number of quaternary nitrogens is 1. The first-order valence-electron chi connectivity index (χ1n) is 9.72. The summed E-state index contributed by atoms with van der Waals surface area (Å²) >= 11 is 0. The molecule has 2 aromatic carbocycles. The number of rotatable bonds is 9. The highest BCUT2D eigenvalue weighted by molar-refractivity contribution is 5.26. The Morgan fingerprint density at radius 2 is 1.70 bits per heavy atom. The molecule has 0 fully saturated rings. The molecule has 0 bridgehead atoms. The summed E-state index contributed by atoms with van der Waals surface area (Å²) in [6.07, 6.45) is -2.49. The van der Waals surface area contributed by atoms with Crippen LogP contribution >= 0.6 is 0 Å². The molecule has 30 heavy (non-hydrogen) atoms. The summed E-state index contributed by atoms with van der Waals surface area (Å²) in [5, 5.41) is 0. The average molecular weight is 421 g/mol. The smallest absolute Gasteiger partial charge is 0.379 e. The molecule has 0 saturated carbocycles. The third-order valence-electron chi connectivity index (χ3n) is 4.96. The molecular weight excluding hydrogens is 396 g/mol. The van der Waals surface area contributed by atoms with Crippen molar-refractivity contribution in [3.63, 3.8) is 0 Å². The SMILES string of the molecule is COCC[NH+](Cc1cccc(F)c1)Cc1cccn1Cc1cccc(C(F)(F)F)c1. The molecule has 1 heterocycles. The van der Waals surface area contributed by atoms with E-state index in [2.05, 4.69) is 0 Å². The molecule has 3 aromatic rings. The van der Waals surface area contributed by atoms with Crippen molar-refractivity contribution in [3.8, 4) is 0 Å². The molecule has 1 N–H and O–H groups in total. The largest absolute Gasteiger partial charge is 0.416 e. The Morgan fingerprint density at radius 1 is 0.933 bits per heavy atom. The van der Waals surface area contributed by atoms with E-state index in [0.717, 1.165) is 23.9 Å². The Morgan fingerprint density at radius 3 is 2.43 bits per heavy atom. The van der Waals surface area contributed by atoms with Gasteiger partial charge in [-0.05, 0) is 42.0 Å². The van der Waals surface area contributed by atoms with Gasteiger partial charge in [0.05, 0.1) is 17.9 Å². The van der Waals surface area contributed by atoms with E-state index in [1.165, 1.54) is 29.2 Å². The van der Waals surface area contributed by atoms with Gasteiger partial charge in [-0.25, -0.2) is 4.39 Å². The Kier molecular flexibility index (Phi) is 7.29. The third-order valence-corrected chi connectivity index (χ3v) is 4.96. The van der Waals surface area contributed by atoms with Crippen LogP contribution in [0, 0.1) is 5.82 Å². The van der Waals surface area contributed by atoms with Gasteiger partial charge in [0.1, 0.15) is 25.5 Å². The molecule has 0 radical (unpaired) electrons. The number of nitrogens with one attached hydrogen (secondary N) is 1. The summed E-state index contributed by atoms with van der Waals surface area (Å²) < 4.78 is 59.7. The van der Waals surface area contributed by atoms with Crippen molar-refractivity contribution in [1.29, 1.82) is 0 Å². The second-order valence-corrected chi connectivity index (χ2v) is 7.30. The van der Waals surface area contributed by atoms with Crippen molar-refractivity contribution >= 4 is 0 Å². The van der Waals surface area contributed by atoms with E-state index in [1.54, 1.807) is 19.2 Å². The highest BCUT2D eigenvalue weighted by atomic mass is 19.4. The van der Waals surface area contributed by atoms with Gasteiger partial charge in [0, 0.05) is 25.4 Å². The van der Waals surface area contributed by atoms with E-state index >= 15 is 0 Å². The van der Waals surface area contributed by atoms with Gasteiger partial charge in [-0.3, -0.25) is 0 Å². The zero-order valence-electron chi connectivity index (χ0n) is 16.8. The first-order chi connectivity index (χ1) is 14.3. The summed E-state index contributed by atoms with van der Waals surface area (Å²) in [6.45, 7) is 2.90. The lowest BCUT2D eigenvalue weighted by Gasteiger charge is -2.21. The summed E-state index contributed by atoms with van der Waals surface area (Å²) in [5.74, 6) is -0.272. The standard InChI is InChI=1S/C23H24F4N2O/c1-30-12-11-28(15-19-6-3-8-21(24)14-19)17-22-9-4-10-29(22)16-18-5-2-7-20(13-18)23(25,26)27/h2-10,13-14H,11-12,15-17H2,1H3/p+1. The van der Waals surface area contributed by atoms with Gasteiger partial charge in [-0.2, -0.15) is 13.2 Å². The predicted octanol–water partition coefficient (Wildman–Crippen LogP) is 3.93. The van der Waals surface area contributed by atoms with Gasteiger partial charge in [-0.15, -0.1) is 0 Å². The van der Waals surface area contributed by atoms with Gasteiger partial charge >= 0.3 is 6.18 Å². The van der Waals surface area contributed by atoms with E-state index in [9.17, 15) is 17.6 Å². The molecule has 0 aliphatic rings. The second kappa shape index (κ2) is 9.91. The fourth-order valence-electron chi connectivity index (χ4n) is 3.48. The molecule has 0 aliphatic heterocycles. The highest BCUT2D eigenvalue weighted by Crippen LogP contribution is 2.29. The van der Waals surface area contributed by atoms with Crippen LogP contribution in [0.5, 0.6) is 0 Å². The minimum atomic E-state index is -4.36. The minimum Gasteiger partial charge on any atom is -0.379 e. The maximum absolute atomic E-state index is 13.6. The molecule has 1 aromatic heterocycles. The molecule has 1 atom stereocenters. The first-order valence-corrected chi connectivity index (χ1v) is 9.72. The van der Waals surface area contributed by atoms with Crippen molar-refractivity contribution < 1.29 is 27.2 Å². The van der Waals surface area contributed by atoms with Gasteiger partial charge in [0.25, 0.3) is 0 Å². The zero-order chi connectivity index (χ0) is 21.6. The number of ether oxygens (including phenoxy) is 1. The Labute approximate surface area is 173 Å². The van der Waals surface area contributed by atoms with E-state index in [1.807, 2.05) is 29.0 Å². The molecule has 1 unspecified atom stereocenters. The van der Waals surface area contributed by atoms with Crippen LogP contribution in [0.2, 0.25) is 0 Å². The van der Waals surface area contributed by atoms with Gasteiger partial charge in [0.2, 0.25) is 0 Å². The van der Waals surface area contributed by atoms with Crippen molar-refractivity contribution in [2.75, 3.05) is 20.3 Å². The fraction of sp³-hybridized carbons (Fsp3) is 0.304. The van der Waals surface area contributed by atoms with Crippen LogP contribution in [0.15, 0.2) is 66.9 Å². The maximum atomic E-state index is 13.6. The van der Waals surface area contributed by atoms with Crippen molar-refractivity contribution in [1.82, 2.24) is 4.57 Å². The van der Waals surface area contributed by atoms with Gasteiger partial charge < -0.3 is 14.2 Å². The lowest BCUT2D eigenvalue weighted by Crippen LogP contribution is -3.10. The van der Waals surface area contributed by atoms with Crippen molar-refractivity contribution in [2.24, 2.45) is 0 Å². The highest BCUT2D eigenvalue weighted by Gasteiger charge is 2.30. The van der Waals surface area contributed by atoms with Crippen molar-refractivity contribution in [2.45, 2.75) is 25.8 Å². The second-order valence-electron chi connectivity index (χ2n) is 7.30. The molecule has 0 amide bonds. The number of aromatic nitrogens is 1. The van der Waals surface area contributed by atoms with Gasteiger partial charge in [0.15, 0.2) is 0 Å². The number of methoxy groups -OCH3 is 1. The van der Waals surface area contributed by atoms with Crippen LogP contribution in [0.3, 0.4) is 0 Å². The molecule has 7 heteroatoms. The summed E-state index contributed by atoms with van der Waals surface area (Å²) in [7, 11) is 1.64. The number of hydrogen-bond donors (Lipinski definition) is 1. The summed E-state index contributed by atoms with van der Waals surface area (Å²) in [6, 6.07) is 15.8. The normalized spacial score (nSPS) is 12.8. The molecular formula is C23H25F4N2O+. The van der Waals surface area contributed by atoms with Crippen LogP contribution in [-0.2, 0) is 30.5 Å². The fourth-order valence-corrected chi connectivity index (χ4v) is 3.48. The number of alkyl halides is 3. The first kappa shape index (κ1) is 22.1. The average Bonchev–Trinajstić information content (AvgIpc) is 3.12. The molecule has 3 rings (SSSR count). The molecule has 0 aliphatic carbocycles. The van der Waals surface area contributed by atoms with Crippen molar-refractivity contribution in [3.05, 3.63) is 95.1 Å². The molecule has 0 spiro atoms. The van der Waals surface area contributed by atoms with Crippen LogP contribution in [0.1, 0.15) is 22.4 Å². The third kappa shape index (κ3) is 6.18. The summed E-state index contributed by atoms with van der Waals surface area (Å²) in [4.78, 5) is 1.17. The Bertz CT molecular complexity index is 952. The van der Waals surface area contributed by atoms with Gasteiger partial charge in [-0.1, -0.05) is 24.3 Å². The molecule has 0 saturated heterocycles. The molecule has 3 nitrogen and oxygen atoms in total. The van der Waals surface area contributed by atoms with Crippen LogP contribution < -0.4 is 4.90 Å². The van der Waals surface area contributed by atoms with Crippen LogP contribution in [0.4, 0.5) is 17.6 Å². The lowest BCUT2D eigenvalue weighted by molar-refractivity contribution is -0.928. The van der Waals surface area contributed by atoms with E-state index in [-0.39, 0.29) is 5.82 Å². The lowest BCUT2D eigenvalue weighted by atomic mass is 10.1. The molecule has 160 valence electrons. The Hall–Kier alpha value is -2.64. The maximum Gasteiger partial charge on any atom is 0.416 e. The number of nitrogens with zero attached hydrogens (tertiary/aromatic N) is 1. The Balaban J connectivity index is 1.75. The number of hydrogen-bond acceptors (Lipinski definition) is 1. The summed E-state index contributed by atoms with van der Waals surface area (Å²) in [5.41, 5.74) is 1.82. The monoisotopic (exact) mass is 421 g/mol. The number of benzene rings is 2. The zero-order valence-corrected chi connectivity index (χ0v) is 16.8. The predicted molar refractivity (Wildman–Crippen MR) is 106 cm³/mol. The van der Waals surface area contributed by atoms with E-state index in [4.69, 9.17) is 4.74 Å².